The molecule has 1 unspecified atom stereocenters. The first-order valence-electron chi connectivity index (χ1n) is 11.0. The Bertz CT molecular complexity index is 341. The fourth-order valence-corrected chi connectivity index (χ4v) is 3.24. The number of aliphatic carboxylic acids is 1. The Morgan fingerprint density at radius 2 is 1.23 bits per heavy atom. The van der Waals surface area contributed by atoms with Crippen LogP contribution in [0.25, 0.3) is 0 Å². The van der Waals surface area contributed by atoms with Gasteiger partial charge in [0.15, 0.2) is 0 Å². The zero-order valence-corrected chi connectivity index (χ0v) is 17.3. The van der Waals surface area contributed by atoms with Gasteiger partial charge in [-0.1, -0.05) is 84.5 Å². The maximum absolute atomic E-state index is 11.9. The number of carboxylic acids is 1. The largest absolute Gasteiger partial charge is 0.481 e. The van der Waals surface area contributed by atoms with Crippen molar-refractivity contribution in [3.63, 3.8) is 0 Å². The maximum atomic E-state index is 11.9. The third-order valence-corrected chi connectivity index (χ3v) is 4.81. The summed E-state index contributed by atoms with van der Waals surface area (Å²) >= 11 is 0. The number of carbonyl (C=O) groups is 2. The normalized spacial score (nSPS) is 12.1. The van der Waals surface area contributed by atoms with Gasteiger partial charge in [0.05, 0.1) is 0 Å². The van der Waals surface area contributed by atoms with E-state index in [0.717, 1.165) is 25.7 Å². The summed E-state index contributed by atoms with van der Waals surface area (Å²) in [5.74, 6) is -0.901. The van der Waals surface area contributed by atoms with Gasteiger partial charge in [0.1, 0.15) is 6.10 Å². The monoisotopic (exact) mass is 370 g/mol. The van der Waals surface area contributed by atoms with Crippen LogP contribution in [0.5, 0.6) is 0 Å². The summed E-state index contributed by atoms with van der Waals surface area (Å²) in [5, 5.41) is 8.70. The topological polar surface area (TPSA) is 63.6 Å². The molecule has 0 amide bonds. The number of hydrogen-bond acceptors (Lipinski definition) is 3. The average Bonchev–Trinajstić information content (AvgIpc) is 2.59. The number of carbonyl (C=O) groups excluding carboxylic acids is 1. The van der Waals surface area contributed by atoms with Gasteiger partial charge in [-0.05, 0) is 25.7 Å². The van der Waals surface area contributed by atoms with E-state index >= 15 is 0 Å². The van der Waals surface area contributed by atoms with Crippen LogP contribution in [0.15, 0.2) is 0 Å². The molecular weight excluding hydrogens is 328 g/mol. The molecule has 0 aromatic carbocycles. The molecule has 0 aromatic heterocycles. The second kappa shape index (κ2) is 18.7. The minimum atomic E-state index is -0.785. The Kier molecular flexibility index (Phi) is 18.0. The smallest absolute Gasteiger partial charge is 0.306 e. The van der Waals surface area contributed by atoms with Gasteiger partial charge in [-0.25, -0.2) is 0 Å². The Hall–Kier alpha value is -1.06. The van der Waals surface area contributed by atoms with Crippen molar-refractivity contribution in [3.8, 4) is 0 Å². The van der Waals surface area contributed by atoms with Crippen LogP contribution in [0, 0.1) is 0 Å². The standard InChI is InChI=1S/C22H42O4/c1-3-5-6-7-8-9-10-11-12-13-14-19-22(25)26-20(16-4-2)17-15-18-21(23)24/h20H,3-19H2,1-2H3,(H,23,24). The predicted molar refractivity (Wildman–Crippen MR) is 107 cm³/mol. The van der Waals surface area contributed by atoms with Crippen LogP contribution in [0.4, 0.5) is 0 Å². The summed E-state index contributed by atoms with van der Waals surface area (Å²) in [7, 11) is 0. The lowest BCUT2D eigenvalue weighted by molar-refractivity contribution is -0.150. The Balaban J connectivity index is 3.56. The van der Waals surface area contributed by atoms with E-state index in [0.29, 0.717) is 19.3 Å². The van der Waals surface area contributed by atoms with Crippen LogP contribution in [0.3, 0.4) is 0 Å². The highest BCUT2D eigenvalue weighted by atomic mass is 16.5. The van der Waals surface area contributed by atoms with E-state index in [9.17, 15) is 9.59 Å². The summed E-state index contributed by atoms with van der Waals surface area (Å²) in [6.07, 6.45) is 17.5. The molecule has 0 aromatic rings. The molecule has 1 atom stereocenters. The number of ether oxygens (including phenoxy) is 1. The molecule has 0 rings (SSSR count). The lowest BCUT2D eigenvalue weighted by atomic mass is 10.1. The quantitative estimate of drug-likeness (QED) is 0.204. The van der Waals surface area contributed by atoms with Gasteiger partial charge in [0.2, 0.25) is 0 Å². The maximum Gasteiger partial charge on any atom is 0.306 e. The lowest BCUT2D eigenvalue weighted by Gasteiger charge is -2.17. The van der Waals surface area contributed by atoms with Crippen LogP contribution < -0.4 is 0 Å². The Labute approximate surface area is 161 Å². The van der Waals surface area contributed by atoms with Crippen LogP contribution >= 0.6 is 0 Å². The lowest BCUT2D eigenvalue weighted by Crippen LogP contribution is -2.18. The van der Waals surface area contributed by atoms with Crippen LogP contribution in [0.1, 0.15) is 123 Å². The number of esters is 1. The predicted octanol–water partition coefficient (Wildman–Crippen LogP) is 6.65. The van der Waals surface area contributed by atoms with Gasteiger partial charge in [0.25, 0.3) is 0 Å². The van der Waals surface area contributed by atoms with E-state index in [1.807, 2.05) is 0 Å². The molecule has 0 aliphatic rings. The SMILES string of the molecule is CCCCCCCCCCCCCC(=O)OC(CCC)CCCC(=O)O. The fourth-order valence-electron chi connectivity index (χ4n) is 3.24. The first-order valence-corrected chi connectivity index (χ1v) is 11.0. The summed E-state index contributed by atoms with van der Waals surface area (Å²) in [6.45, 7) is 4.31. The summed E-state index contributed by atoms with van der Waals surface area (Å²) in [4.78, 5) is 22.5. The van der Waals surface area contributed by atoms with E-state index in [2.05, 4.69) is 13.8 Å². The molecule has 0 radical (unpaired) electrons. The molecule has 154 valence electrons. The highest BCUT2D eigenvalue weighted by Crippen LogP contribution is 2.15. The minimum Gasteiger partial charge on any atom is -0.481 e. The van der Waals surface area contributed by atoms with Gasteiger partial charge in [0, 0.05) is 12.8 Å². The Morgan fingerprint density at radius 3 is 1.73 bits per heavy atom. The van der Waals surface area contributed by atoms with Gasteiger partial charge >= 0.3 is 11.9 Å². The molecular formula is C22H42O4. The molecule has 4 nitrogen and oxygen atoms in total. The van der Waals surface area contributed by atoms with Crippen molar-refractivity contribution in [1.82, 2.24) is 0 Å². The molecule has 0 saturated heterocycles. The molecule has 1 N–H and O–H groups in total. The Morgan fingerprint density at radius 1 is 0.692 bits per heavy atom. The fraction of sp³-hybridized carbons (Fsp3) is 0.909. The van der Waals surface area contributed by atoms with Gasteiger partial charge < -0.3 is 9.84 Å². The molecule has 0 fully saturated rings. The number of carboxylic acid groups (broad SMARTS) is 1. The van der Waals surface area contributed by atoms with Crippen molar-refractivity contribution in [2.45, 2.75) is 129 Å². The number of hydrogen-bond donors (Lipinski definition) is 1. The van der Waals surface area contributed by atoms with E-state index in [4.69, 9.17) is 9.84 Å². The van der Waals surface area contributed by atoms with Crippen molar-refractivity contribution in [2.75, 3.05) is 0 Å². The molecule has 0 bridgehead atoms. The van der Waals surface area contributed by atoms with Crippen LogP contribution in [-0.4, -0.2) is 23.1 Å². The summed E-state index contributed by atoms with van der Waals surface area (Å²) in [5.41, 5.74) is 0. The highest BCUT2D eigenvalue weighted by molar-refractivity contribution is 5.69. The zero-order valence-electron chi connectivity index (χ0n) is 17.3. The van der Waals surface area contributed by atoms with Gasteiger partial charge in [-0.2, -0.15) is 0 Å². The molecule has 4 heteroatoms. The van der Waals surface area contributed by atoms with Crippen LogP contribution in [-0.2, 0) is 14.3 Å². The molecule has 0 spiro atoms. The molecule has 0 aliphatic carbocycles. The molecule has 0 saturated carbocycles. The van der Waals surface area contributed by atoms with Crippen molar-refractivity contribution in [2.24, 2.45) is 0 Å². The molecule has 26 heavy (non-hydrogen) atoms. The second-order valence-corrected chi connectivity index (χ2v) is 7.47. The van der Waals surface area contributed by atoms with Crippen molar-refractivity contribution in [1.29, 1.82) is 0 Å². The molecule has 0 heterocycles. The van der Waals surface area contributed by atoms with Gasteiger partial charge in [-0.3, -0.25) is 9.59 Å². The van der Waals surface area contributed by atoms with Crippen molar-refractivity contribution >= 4 is 11.9 Å². The van der Waals surface area contributed by atoms with E-state index < -0.39 is 5.97 Å². The highest BCUT2D eigenvalue weighted by Gasteiger charge is 2.14. The minimum absolute atomic E-state index is 0.112. The average molecular weight is 371 g/mol. The van der Waals surface area contributed by atoms with E-state index in [1.54, 1.807) is 0 Å². The summed E-state index contributed by atoms with van der Waals surface area (Å²) in [6, 6.07) is 0. The molecule has 0 aliphatic heterocycles. The van der Waals surface area contributed by atoms with Gasteiger partial charge in [-0.15, -0.1) is 0 Å². The van der Waals surface area contributed by atoms with Crippen molar-refractivity contribution < 1.29 is 19.4 Å². The summed E-state index contributed by atoms with van der Waals surface area (Å²) < 4.78 is 5.53. The van der Waals surface area contributed by atoms with Crippen molar-refractivity contribution in [3.05, 3.63) is 0 Å². The number of rotatable bonds is 19. The number of unbranched alkanes of at least 4 members (excludes halogenated alkanes) is 10. The first kappa shape index (κ1) is 24.9. The first-order chi connectivity index (χ1) is 12.6. The van der Waals surface area contributed by atoms with E-state index in [1.165, 1.54) is 57.8 Å². The third kappa shape index (κ3) is 17.8. The second-order valence-electron chi connectivity index (χ2n) is 7.47. The van der Waals surface area contributed by atoms with Crippen LogP contribution in [0.2, 0.25) is 0 Å². The van der Waals surface area contributed by atoms with E-state index in [-0.39, 0.29) is 18.5 Å². The zero-order chi connectivity index (χ0) is 19.5. The third-order valence-electron chi connectivity index (χ3n) is 4.81.